The molecule has 1 N–H and O–H groups in total. The van der Waals surface area contributed by atoms with Crippen LogP contribution in [0.1, 0.15) is 23.6 Å². The average Bonchev–Trinajstić information content (AvgIpc) is 2.88. The second kappa shape index (κ2) is 7.22. The lowest BCUT2D eigenvalue weighted by atomic mass is 9.97. The van der Waals surface area contributed by atoms with E-state index in [2.05, 4.69) is 23.5 Å². The zero-order valence-electron chi connectivity index (χ0n) is 14.4. The molecule has 1 aliphatic heterocycles. The summed E-state index contributed by atoms with van der Waals surface area (Å²) in [5.74, 6) is 0.856. The molecule has 1 heterocycles. The Morgan fingerprint density at radius 3 is 2.42 bits per heavy atom. The number of nitrogens with zero attached hydrogens (tertiary/aromatic N) is 1. The van der Waals surface area contributed by atoms with Gasteiger partial charge in [0.25, 0.3) is 0 Å². The molecule has 0 radical (unpaired) electrons. The standard InChI is InChI=1S/C22H19ClN2O/c1-26-18-12-8-16(9-13-18)22-14-21(15-6-10-17(23)11-7-15)24-19-4-2-3-5-20(19)25-22/h2-13,22,25H,14H2,1H3. The van der Waals surface area contributed by atoms with Crippen molar-refractivity contribution in [3.8, 4) is 5.75 Å². The number of benzene rings is 3. The fraction of sp³-hybridized carbons (Fsp3) is 0.136. The highest BCUT2D eigenvalue weighted by Gasteiger charge is 2.21. The van der Waals surface area contributed by atoms with Crippen molar-refractivity contribution in [3.05, 3.63) is 88.9 Å². The summed E-state index contributed by atoms with van der Waals surface area (Å²) in [6.07, 6.45) is 0.780. The highest BCUT2D eigenvalue weighted by Crippen LogP contribution is 2.35. The molecule has 4 rings (SSSR count). The zero-order chi connectivity index (χ0) is 17.9. The van der Waals surface area contributed by atoms with Crippen LogP contribution < -0.4 is 10.1 Å². The van der Waals surface area contributed by atoms with Gasteiger partial charge >= 0.3 is 0 Å². The van der Waals surface area contributed by atoms with E-state index in [0.29, 0.717) is 0 Å². The van der Waals surface area contributed by atoms with Crippen LogP contribution in [0.15, 0.2) is 77.8 Å². The average molecular weight is 363 g/mol. The first-order valence-corrected chi connectivity index (χ1v) is 8.94. The van der Waals surface area contributed by atoms with Gasteiger partial charge < -0.3 is 10.1 Å². The molecular formula is C22H19ClN2O. The summed E-state index contributed by atoms with van der Waals surface area (Å²) in [5, 5.41) is 4.37. The Labute approximate surface area is 158 Å². The minimum absolute atomic E-state index is 0.124. The number of nitrogens with one attached hydrogen (secondary N) is 1. The second-order valence-electron chi connectivity index (χ2n) is 6.26. The number of ether oxygens (including phenoxy) is 1. The maximum Gasteiger partial charge on any atom is 0.118 e. The zero-order valence-corrected chi connectivity index (χ0v) is 15.2. The lowest BCUT2D eigenvalue weighted by Crippen LogP contribution is -2.14. The molecule has 0 amide bonds. The predicted octanol–water partition coefficient (Wildman–Crippen LogP) is 6.03. The van der Waals surface area contributed by atoms with Crippen molar-refractivity contribution in [2.75, 3.05) is 12.4 Å². The van der Waals surface area contributed by atoms with Gasteiger partial charge in [-0.15, -0.1) is 0 Å². The Morgan fingerprint density at radius 1 is 0.962 bits per heavy atom. The lowest BCUT2D eigenvalue weighted by Gasteiger charge is -2.19. The quantitative estimate of drug-likeness (QED) is 0.617. The first kappa shape index (κ1) is 16.7. The van der Waals surface area contributed by atoms with E-state index in [9.17, 15) is 0 Å². The smallest absolute Gasteiger partial charge is 0.118 e. The van der Waals surface area contributed by atoms with Gasteiger partial charge in [0.15, 0.2) is 0 Å². The Hall–Kier alpha value is -2.78. The molecule has 3 nitrogen and oxygen atoms in total. The van der Waals surface area contributed by atoms with Crippen molar-refractivity contribution in [2.45, 2.75) is 12.5 Å². The summed E-state index contributed by atoms with van der Waals surface area (Å²) in [7, 11) is 1.68. The summed E-state index contributed by atoms with van der Waals surface area (Å²) in [6.45, 7) is 0. The van der Waals surface area contributed by atoms with Crippen LogP contribution in [0.25, 0.3) is 0 Å². The Kier molecular flexibility index (Phi) is 4.63. The third-order valence-corrected chi connectivity index (χ3v) is 4.83. The first-order valence-electron chi connectivity index (χ1n) is 8.56. The molecule has 1 aliphatic rings. The third kappa shape index (κ3) is 3.44. The minimum atomic E-state index is 0.124. The Balaban J connectivity index is 1.75. The topological polar surface area (TPSA) is 33.6 Å². The minimum Gasteiger partial charge on any atom is -0.497 e. The SMILES string of the molecule is COc1ccc(C2CC(c3ccc(Cl)cc3)=Nc3ccccc3N2)cc1. The van der Waals surface area contributed by atoms with E-state index in [0.717, 1.165) is 39.8 Å². The normalized spacial score (nSPS) is 16.1. The number of hydrogen-bond acceptors (Lipinski definition) is 3. The molecule has 26 heavy (non-hydrogen) atoms. The molecule has 0 saturated carbocycles. The number of hydrogen-bond donors (Lipinski definition) is 1. The van der Waals surface area contributed by atoms with Crippen LogP contribution in [-0.2, 0) is 0 Å². The van der Waals surface area contributed by atoms with Crippen molar-refractivity contribution in [1.29, 1.82) is 0 Å². The van der Waals surface area contributed by atoms with Crippen LogP contribution in [0.4, 0.5) is 11.4 Å². The number of methoxy groups -OCH3 is 1. The van der Waals surface area contributed by atoms with Crippen molar-refractivity contribution < 1.29 is 4.74 Å². The van der Waals surface area contributed by atoms with Gasteiger partial charge in [-0.05, 0) is 47.5 Å². The number of aliphatic imine (C=N–C) groups is 1. The number of rotatable bonds is 3. The molecule has 3 aromatic carbocycles. The fourth-order valence-electron chi connectivity index (χ4n) is 3.18. The predicted molar refractivity (Wildman–Crippen MR) is 108 cm³/mol. The molecule has 4 heteroatoms. The molecule has 3 aromatic rings. The summed E-state index contributed by atoms with van der Waals surface area (Å²) in [5.41, 5.74) is 5.32. The molecule has 1 atom stereocenters. The summed E-state index contributed by atoms with van der Waals surface area (Å²) >= 11 is 6.05. The van der Waals surface area contributed by atoms with E-state index in [-0.39, 0.29) is 6.04 Å². The first-order chi connectivity index (χ1) is 12.7. The van der Waals surface area contributed by atoms with Gasteiger partial charge in [0.1, 0.15) is 5.75 Å². The van der Waals surface area contributed by atoms with E-state index in [4.69, 9.17) is 21.3 Å². The number of anilines is 1. The van der Waals surface area contributed by atoms with Crippen LogP contribution in [0.3, 0.4) is 0 Å². The van der Waals surface area contributed by atoms with E-state index in [1.54, 1.807) is 7.11 Å². The monoisotopic (exact) mass is 362 g/mol. The van der Waals surface area contributed by atoms with Gasteiger partial charge in [-0.25, -0.2) is 0 Å². The Bertz CT molecular complexity index is 933. The molecule has 130 valence electrons. The number of halogens is 1. The van der Waals surface area contributed by atoms with Crippen LogP contribution in [0, 0.1) is 0 Å². The van der Waals surface area contributed by atoms with Crippen LogP contribution >= 0.6 is 11.6 Å². The molecular weight excluding hydrogens is 344 g/mol. The summed E-state index contributed by atoms with van der Waals surface area (Å²) < 4.78 is 5.28. The van der Waals surface area contributed by atoms with Crippen LogP contribution in [0.2, 0.25) is 5.02 Å². The number of para-hydroxylation sites is 2. The molecule has 1 unspecified atom stereocenters. The lowest BCUT2D eigenvalue weighted by molar-refractivity contribution is 0.414. The largest absolute Gasteiger partial charge is 0.497 e. The van der Waals surface area contributed by atoms with Crippen LogP contribution in [-0.4, -0.2) is 12.8 Å². The van der Waals surface area contributed by atoms with E-state index < -0.39 is 0 Å². The van der Waals surface area contributed by atoms with Gasteiger partial charge in [-0.2, -0.15) is 0 Å². The van der Waals surface area contributed by atoms with Crippen molar-refractivity contribution in [1.82, 2.24) is 0 Å². The maximum absolute atomic E-state index is 6.05. The molecule has 0 fully saturated rings. The molecule has 0 saturated heterocycles. The molecule has 0 aliphatic carbocycles. The van der Waals surface area contributed by atoms with Gasteiger partial charge in [0.05, 0.1) is 30.2 Å². The van der Waals surface area contributed by atoms with Crippen LogP contribution in [0.5, 0.6) is 5.75 Å². The van der Waals surface area contributed by atoms with E-state index in [1.807, 2.05) is 54.6 Å². The van der Waals surface area contributed by atoms with Gasteiger partial charge in [0, 0.05) is 11.4 Å². The van der Waals surface area contributed by atoms with Crippen molar-refractivity contribution >= 4 is 28.7 Å². The van der Waals surface area contributed by atoms with Gasteiger partial charge in [0.2, 0.25) is 0 Å². The third-order valence-electron chi connectivity index (χ3n) is 4.58. The molecule has 0 aromatic heterocycles. The molecule has 0 spiro atoms. The van der Waals surface area contributed by atoms with Gasteiger partial charge in [-0.3, -0.25) is 4.99 Å². The highest BCUT2D eigenvalue weighted by molar-refractivity contribution is 6.30. The fourth-order valence-corrected chi connectivity index (χ4v) is 3.30. The summed E-state index contributed by atoms with van der Waals surface area (Å²) in [4.78, 5) is 4.93. The van der Waals surface area contributed by atoms with Crippen molar-refractivity contribution in [3.63, 3.8) is 0 Å². The van der Waals surface area contributed by atoms with Gasteiger partial charge in [-0.1, -0.05) is 48.0 Å². The van der Waals surface area contributed by atoms with E-state index >= 15 is 0 Å². The second-order valence-corrected chi connectivity index (χ2v) is 6.69. The Morgan fingerprint density at radius 2 is 1.69 bits per heavy atom. The maximum atomic E-state index is 6.05. The molecule has 0 bridgehead atoms. The summed E-state index contributed by atoms with van der Waals surface area (Å²) in [6, 6.07) is 24.3. The number of fused-ring (bicyclic) bond motifs is 1. The highest BCUT2D eigenvalue weighted by atomic mass is 35.5. The van der Waals surface area contributed by atoms with Crippen molar-refractivity contribution in [2.24, 2.45) is 4.99 Å². The van der Waals surface area contributed by atoms with E-state index in [1.165, 1.54) is 5.56 Å².